The minimum Gasteiger partial charge on any atom is -0.497 e. The predicted molar refractivity (Wildman–Crippen MR) is 103 cm³/mol. The normalized spacial score (nSPS) is 12.7. The molecule has 2 rings (SSSR count). The largest absolute Gasteiger partial charge is 0.497 e. The molecule has 2 aromatic rings. The van der Waals surface area contributed by atoms with Crippen LogP contribution >= 0.6 is 11.6 Å². The van der Waals surface area contributed by atoms with Gasteiger partial charge in [0.15, 0.2) is 0 Å². The molecule has 0 fully saturated rings. The van der Waals surface area contributed by atoms with Crippen LogP contribution in [-0.4, -0.2) is 31.2 Å². The first kappa shape index (κ1) is 20.6. The second-order valence-corrected chi connectivity index (χ2v) is 6.48. The van der Waals surface area contributed by atoms with E-state index in [1.807, 2.05) is 0 Å². The Morgan fingerprint density at radius 3 is 2.48 bits per heavy atom. The number of halogens is 1. The lowest BCUT2D eigenvalue weighted by Crippen LogP contribution is -2.33. The van der Waals surface area contributed by atoms with Crippen molar-refractivity contribution in [2.45, 2.75) is 25.3 Å². The van der Waals surface area contributed by atoms with Gasteiger partial charge in [-0.2, -0.15) is 0 Å². The van der Waals surface area contributed by atoms with Crippen LogP contribution in [0.15, 0.2) is 42.5 Å². The van der Waals surface area contributed by atoms with Gasteiger partial charge in [0.2, 0.25) is 5.91 Å². The molecule has 0 bridgehead atoms. The Labute approximate surface area is 163 Å². The summed E-state index contributed by atoms with van der Waals surface area (Å²) < 4.78 is 10.5. The van der Waals surface area contributed by atoms with E-state index < -0.39 is 17.9 Å². The topological polar surface area (TPSA) is 84.9 Å². The maximum atomic E-state index is 12.7. The van der Waals surface area contributed by atoms with Gasteiger partial charge in [-0.3, -0.25) is 9.59 Å². The predicted octanol–water partition coefficient (Wildman–Crippen LogP) is 3.79. The Bertz CT molecular complexity index is 824. The number of amides is 1. The van der Waals surface area contributed by atoms with Crippen molar-refractivity contribution in [2.24, 2.45) is 0 Å². The molecular weight excluding hydrogens is 370 g/mol. The van der Waals surface area contributed by atoms with Crippen molar-refractivity contribution in [3.8, 4) is 11.5 Å². The van der Waals surface area contributed by atoms with E-state index in [-0.39, 0.29) is 12.3 Å². The summed E-state index contributed by atoms with van der Waals surface area (Å²) >= 11 is 5.99. The number of rotatable bonds is 8. The lowest BCUT2D eigenvalue weighted by molar-refractivity contribution is -0.137. The fourth-order valence-electron chi connectivity index (χ4n) is 2.74. The molecule has 6 nitrogen and oxygen atoms in total. The number of carbonyl (C=O) groups is 2. The van der Waals surface area contributed by atoms with Gasteiger partial charge in [0.1, 0.15) is 11.5 Å². The van der Waals surface area contributed by atoms with Crippen LogP contribution in [0, 0.1) is 0 Å². The maximum absolute atomic E-state index is 12.7. The van der Waals surface area contributed by atoms with Crippen molar-refractivity contribution in [1.82, 2.24) is 5.32 Å². The Balaban J connectivity index is 2.29. The van der Waals surface area contributed by atoms with E-state index in [4.69, 9.17) is 21.1 Å². The molecule has 7 heteroatoms. The van der Waals surface area contributed by atoms with E-state index in [2.05, 4.69) is 5.32 Å². The summed E-state index contributed by atoms with van der Waals surface area (Å²) in [5, 5.41) is 12.6. The maximum Gasteiger partial charge on any atom is 0.305 e. The van der Waals surface area contributed by atoms with Gasteiger partial charge in [-0.25, -0.2) is 0 Å². The van der Waals surface area contributed by atoms with E-state index in [1.165, 1.54) is 14.2 Å². The molecule has 0 saturated carbocycles. The minimum absolute atomic E-state index is 0.281. The molecule has 144 valence electrons. The molecule has 0 radical (unpaired) electrons. The Hall–Kier alpha value is -2.73. The number of ether oxygens (including phenoxy) is 2. The zero-order valence-electron chi connectivity index (χ0n) is 15.4. The Morgan fingerprint density at radius 2 is 1.89 bits per heavy atom. The van der Waals surface area contributed by atoms with Crippen LogP contribution in [0.1, 0.15) is 36.4 Å². The summed E-state index contributed by atoms with van der Waals surface area (Å²) in [6, 6.07) is 11.3. The van der Waals surface area contributed by atoms with E-state index >= 15 is 0 Å². The number of aliphatic carboxylic acids is 1. The molecule has 0 saturated heterocycles. The Kier molecular flexibility index (Phi) is 7.07. The molecule has 2 aromatic carbocycles. The molecule has 0 aliphatic rings. The van der Waals surface area contributed by atoms with Gasteiger partial charge in [0.25, 0.3) is 0 Å². The third kappa shape index (κ3) is 5.37. The van der Waals surface area contributed by atoms with Crippen LogP contribution in [0.5, 0.6) is 11.5 Å². The third-order valence-electron chi connectivity index (χ3n) is 4.25. The molecule has 0 aliphatic heterocycles. The van der Waals surface area contributed by atoms with Crippen LogP contribution in [-0.2, 0) is 9.59 Å². The van der Waals surface area contributed by atoms with Gasteiger partial charge < -0.3 is 19.9 Å². The Morgan fingerprint density at radius 1 is 1.15 bits per heavy atom. The van der Waals surface area contributed by atoms with E-state index in [9.17, 15) is 14.7 Å². The van der Waals surface area contributed by atoms with Crippen molar-refractivity contribution in [2.75, 3.05) is 14.2 Å². The van der Waals surface area contributed by atoms with Crippen LogP contribution in [0.25, 0.3) is 0 Å². The minimum atomic E-state index is -1.03. The first-order valence-electron chi connectivity index (χ1n) is 8.35. The first-order chi connectivity index (χ1) is 12.8. The number of nitrogens with one attached hydrogen (secondary N) is 1. The number of hydrogen-bond acceptors (Lipinski definition) is 4. The summed E-state index contributed by atoms with van der Waals surface area (Å²) in [6.07, 6.45) is -0.281. The SMILES string of the molecule is COc1ccc(C(CC(=O)O)NC(=O)C(C)c2cccc(Cl)c2)c(OC)c1. The van der Waals surface area contributed by atoms with Crippen molar-refractivity contribution in [3.05, 3.63) is 58.6 Å². The van der Waals surface area contributed by atoms with Gasteiger partial charge in [-0.15, -0.1) is 0 Å². The number of benzene rings is 2. The molecule has 0 aliphatic carbocycles. The molecule has 0 spiro atoms. The summed E-state index contributed by atoms with van der Waals surface area (Å²) in [4.78, 5) is 24.1. The van der Waals surface area contributed by atoms with E-state index in [1.54, 1.807) is 49.4 Å². The lowest BCUT2D eigenvalue weighted by atomic mass is 9.97. The number of methoxy groups -OCH3 is 2. The first-order valence-corrected chi connectivity index (χ1v) is 8.73. The molecule has 2 unspecified atom stereocenters. The summed E-state index contributed by atoms with van der Waals surface area (Å²) in [6.45, 7) is 1.74. The molecule has 1 amide bonds. The highest BCUT2D eigenvalue weighted by molar-refractivity contribution is 6.30. The highest BCUT2D eigenvalue weighted by atomic mass is 35.5. The molecular formula is C20H22ClNO5. The lowest BCUT2D eigenvalue weighted by Gasteiger charge is -2.22. The number of hydrogen-bond donors (Lipinski definition) is 2. The fourth-order valence-corrected chi connectivity index (χ4v) is 2.94. The molecule has 2 N–H and O–H groups in total. The highest BCUT2D eigenvalue weighted by Crippen LogP contribution is 2.32. The van der Waals surface area contributed by atoms with E-state index in [0.717, 1.165) is 5.56 Å². The van der Waals surface area contributed by atoms with Gasteiger partial charge in [0.05, 0.1) is 32.6 Å². The third-order valence-corrected chi connectivity index (χ3v) is 4.49. The standard InChI is InChI=1S/C20H22ClNO5/c1-12(13-5-4-6-14(21)9-13)20(25)22-17(11-19(23)24)16-8-7-15(26-2)10-18(16)27-3/h4-10,12,17H,11H2,1-3H3,(H,22,25)(H,23,24). The van der Waals surface area contributed by atoms with Crippen molar-refractivity contribution in [1.29, 1.82) is 0 Å². The number of carbonyl (C=O) groups excluding carboxylic acids is 1. The van der Waals surface area contributed by atoms with Gasteiger partial charge >= 0.3 is 5.97 Å². The molecule has 0 aromatic heterocycles. The fraction of sp³-hybridized carbons (Fsp3) is 0.300. The van der Waals surface area contributed by atoms with Crippen LogP contribution in [0.2, 0.25) is 5.02 Å². The van der Waals surface area contributed by atoms with Crippen LogP contribution in [0.3, 0.4) is 0 Å². The second kappa shape index (κ2) is 9.28. The zero-order valence-corrected chi connectivity index (χ0v) is 16.1. The zero-order chi connectivity index (χ0) is 20.0. The smallest absolute Gasteiger partial charge is 0.305 e. The number of carboxylic acid groups (broad SMARTS) is 1. The highest BCUT2D eigenvalue weighted by Gasteiger charge is 2.25. The monoisotopic (exact) mass is 391 g/mol. The van der Waals surface area contributed by atoms with Crippen molar-refractivity contribution < 1.29 is 24.2 Å². The average molecular weight is 392 g/mol. The average Bonchev–Trinajstić information content (AvgIpc) is 2.65. The number of carboxylic acids is 1. The molecule has 2 atom stereocenters. The molecule has 0 heterocycles. The van der Waals surface area contributed by atoms with Crippen LogP contribution < -0.4 is 14.8 Å². The van der Waals surface area contributed by atoms with Crippen molar-refractivity contribution in [3.63, 3.8) is 0 Å². The van der Waals surface area contributed by atoms with Gasteiger partial charge in [-0.05, 0) is 36.8 Å². The second-order valence-electron chi connectivity index (χ2n) is 6.04. The van der Waals surface area contributed by atoms with Crippen LogP contribution in [0.4, 0.5) is 0 Å². The van der Waals surface area contributed by atoms with Gasteiger partial charge in [-0.1, -0.05) is 23.7 Å². The summed E-state index contributed by atoms with van der Waals surface area (Å²) in [5.41, 5.74) is 1.31. The van der Waals surface area contributed by atoms with Gasteiger partial charge in [0, 0.05) is 16.7 Å². The molecule has 27 heavy (non-hydrogen) atoms. The van der Waals surface area contributed by atoms with Crippen molar-refractivity contribution >= 4 is 23.5 Å². The summed E-state index contributed by atoms with van der Waals surface area (Å²) in [5.74, 6) is -0.821. The quantitative estimate of drug-likeness (QED) is 0.715. The van der Waals surface area contributed by atoms with E-state index in [0.29, 0.717) is 22.1 Å². The summed E-state index contributed by atoms with van der Waals surface area (Å²) in [7, 11) is 3.00.